The maximum atomic E-state index is 4.37. The average Bonchev–Trinajstić information content (AvgIpc) is 2.39. The van der Waals surface area contributed by atoms with Crippen LogP contribution in [0.3, 0.4) is 0 Å². The molecule has 5 rings (SSSR count). The van der Waals surface area contributed by atoms with E-state index in [2.05, 4.69) is 35.7 Å². The molecule has 96 valence electrons. The first-order chi connectivity index (χ1) is 8.81. The number of hydrogen-bond acceptors (Lipinski definition) is 2. The molecule has 1 N–H and O–H groups in total. The highest BCUT2D eigenvalue weighted by molar-refractivity contribution is 5.27. The van der Waals surface area contributed by atoms with Crippen LogP contribution in [0.15, 0.2) is 24.5 Å². The van der Waals surface area contributed by atoms with Crippen LogP contribution < -0.4 is 5.32 Å². The van der Waals surface area contributed by atoms with Crippen LogP contribution in [-0.4, -0.2) is 18.1 Å². The molecule has 1 aromatic heterocycles. The Kier molecular flexibility index (Phi) is 2.32. The summed E-state index contributed by atoms with van der Waals surface area (Å²) < 4.78 is 0. The molecule has 2 unspecified atom stereocenters. The quantitative estimate of drug-likeness (QED) is 0.862. The Morgan fingerprint density at radius 3 is 2.61 bits per heavy atom. The predicted octanol–water partition coefficient (Wildman–Crippen LogP) is 2.75. The maximum absolute atomic E-state index is 4.37. The molecule has 4 bridgehead atoms. The largest absolute Gasteiger partial charge is 0.316 e. The molecule has 18 heavy (non-hydrogen) atoms. The van der Waals surface area contributed by atoms with Gasteiger partial charge in [0.15, 0.2) is 0 Å². The van der Waals surface area contributed by atoms with Crippen molar-refractivity contribution < 1.29 is 0 Å². The first-order valence-electron chi connectivity index (χ1n) is 7.38. The van der Waals surface area contributed by atoms with Crippen LogP contribution in [0.1, 0.15) is 37.7 Å². The Balaban J connectivity index is 1.73. The van der Waals surface area contributed by atoms with Crippen molar-refractivity contribution in [2.75, 3.05) is 7.05 Å². The minimum absolute atomic E-state index is 0.470. The third-order valence-electron chi connectivity index (χ3n) is 5.88. The van der Waals surface area contributed by atoms with Gasteiger partial charge in [-0.3, -0.25) is 4.98 Å². The van der Waals surface area contributed by atoms with E-state index in [1.807, 2.05) is 6.20 Å². The second-order valence-corrected chi connectivity index (χ2v) is 6.81. The summed E-state index contributed by atoms with van der Waals surface area (Å²) in [5.41, 5.74) is 1.98. The first-order valence-corrected chi connectivity index (χ1v) is 7.38. The fourth-order valence-electron chi connectivity index (χ4n) is 5.53. The highest BCUT2D eigenvalue weighted by Crippen LogP contribution is 2.60. The highest BCUT2D eigenvalue weighted by atomic mass is 14.9. The van der Waals surface area contributed by atoms with E-state index in [0.717, 1.165) is 23.8 Å². The van der Waals surface area contributed by atoms with Gasteiger partial charge in [0.05, 0.1) is 0 Å². The van der Waals surface area contributed by atoms with Crippen LogP contribution >= 0.6 is 0 Å². The van der Waals surface area contributed by atoms with E-state index < -0.39 is 0 Å². The van der Waals surface area contributed by atoms with Crippen LogP contribution in [0.2, 0.25) is 0 Å². The lowest BCUT2D eigenvalue weighted by Crippen LogP contribution is -2.59. The molecule has 0 aliphatic heterocycles. The number of rotatable bonds is 2. The summed E-state index contributed by atoms with van der Waals surface area (Å²) in [5.74, 6) is 2.79. The van der Waals surface area contributed by atoms with E-state index in [-0.39, 0.29) is 0 Å². The second kappa shape index (κ2) is 3.80. The lowest BCUT2D eigenvalue weighted by atomic mass is 9.46. The first kappa shape index (κ1) is 11.0. The fraction of sp³-hybridized carbons (Fsp3) is 0.688. The zero-order valence-electron chi connectivity index (χ0n) is 11.1. The topological polar surface area (TPSA) is 24.9 Å². The summed E-state index contributed by atoms with van der Waals surface area (Å²) in [6, 6.07) is 5.21. The van der Waals surface area contributed by atoms with Crippen LogP contribution in [-0.2, 0) is 5.41 Å². The van der Waals surface area contributed by atoms with E-state index in [9.17, 15) is 0 Å². The number of nitrogens with zero attached hydrogens (tertiary/aromatic N) is 1. The third kappa shape index (κ3) is 1.41. The van der Waals surface area contributed by atoms with E-state index in [0.29, 0.717) is 5.41 Å². The zero-order chi connectivity index (χ0) is 12.2. The van der Waals surface area contributed by atoms with Gasteiger partial charge in [0.1, 0.15) is 0 Å². The van der Waals surface area contributed by atoms with Crippen molar-refractivity contribution in [1.82, 2.24) is 10.3 Å². The molecule has 4 fully saturated rings. The molecular weight excluding hydrogens is 220 g/mol. The summed E-state index contributed by atoms with van der Waals surface area (Å²) in [4.78, 5) is 4.37. The van der Waals surface area contributed by atoms with E-state index >= 15 is 0 Å². The van der Waals surface area contributed by atoms with Crippen molar-refractivity contribution in [1.29, 1.82) is 0 Å². The molecule has 2 nitrogen and oxygen atoms in total. The SMILES string of the molecule is CNC1C2CC3CC1CC(c1cccnc1)(C3)C2. The van der Waals surface area contributed by atoms with Gasteiger partial charge in [-0.25, -0.2) is 0 Å². The molecule has 1 aromatic rings. The van der Waals surface area contributed by atoms with Gasteiger partial charge in [-0.2, -0.15) is 0 Å². The average molecular weight is 242 g/mol. The predicted molar refractivity (Wildman–Crippen MR) is 72.3 cm³/mol. The summed E-state index contributed by atoms with van der Waals surface area (Å²) in [5, 5.41) is 3.60. The van der Waals surface area contributed by atoms with Gasteiger partial charge in [0.2, 0.25) is 0 Å². The molecule has 1 heterocycles. The van der Waals surface area contributed by atoms with Gasteiger partial charge < -0.3 is 5.32 Å². The molecule has 2 heteroatoms. The maximum Gasteiger partial charge on any atom is 0.0305 e. The van der Waals surface area contributed by atoms with Gasteiger partial charge in [0, 0.05) is 18.4 Å². The van der Waals surface area contributed by atoms with E-state index in [1.54, 1.807) is 0 Å². The lowest BCUT2D eigenvalue weighted by molar-refractivity contribution is -0.0327. The van der Waals surface area contributed by atoms with E-state index in [1.165, 1.54) is 37.7 Å². The van der Waals surface area contributed by atoms with Crippen molar-refractivity contribution in [3.63, 3.8) is 0 Å². The highest BCUT2D eigenvalue weighted by Gasteiger charge is 2.55. The zero-order valence-corrected chi connectivity index (χ0v) is 11.1. The summed E-state index contributed by atoms with van der Waals surface area (Å²) in [6.07, 6.45) is 11.1. The van der Waals surface area contributed by atoms with Gasteiger partial charge >= 0.3 is 0 Å². The van der Waals surface area contributed by atoms with Crippen LogP contribution in [0.4, 0.5) is 0 Å². The number of aromatic nitrogens is 1. The minimum Gasteiger partial charge on any atom is -0.316 e. The monoisotopic (exact) mass is 242 g/mol. The van der Waals surface area contributed by atoms with Gasteiger partial charge in [-0.05, 0) is 74.0 Å². The molecule has 2 atom stereocenters. The van der Waals surface area contributed by atoms with Gasteiger partial charge in [-0.15, -0.1) is 0 Å². The van der Waals surface area contributed by atoms with Crippen molar-refractivity contribution in [3.8, 4) is 0 Å². The summed E-state index contributed by atoms with van der Waals surface area (Å²) >= 11 is 0. The van der Waals surface area contributed by atoms with E-state index in [4.69, 9.17) is 0 Å². The van der Waals surface area contributed by atoms with Crippen LogP contribution in [0.5, 0.6) is 0 Å². The normalized spacial score (nSPS) is 45.4. The Labute approximate surface area is 109 Å². The van der Waals surface area contributed by atoms with Crippen molar-refractivity contribution in [2.24, 2.45) is 17.8 Å². The molecule has 0 aromatic carbocycles. The molecule has 4 aliphatic rings. The molecule has 4 aliphatic carbocycles. The van der Waals surface area contributed by atoms with Crippen LogP contribution in [0, 0.1) is 17.8 Å². The van der Waals surface area contributed by atoms with Crippen LogP contribution in [0.25, 0.3) is 0 Å². The lowest BCUT2D eigenvalue weighted by Gasteiger charge is -2.60. The van der Waals surface area contributed by atoms with Gasteiger partial charge in [-0.1, -0.05) is 6.07 Å². The number of nitrogens with one attached hydrogen (secondary N) is 1. The van der Waals surface area contributed by atoms with Crippen molar-refractivity contribution in [2.45, 2.75) is 43.6 Å². The van der Waals surface area contributed by atoms with Crippen molar-refractivity contribution in [3.05, 3.63) is 30.1 Å². The molecular formula is C16H22N2. The Morgan fingerprint density at radius 2 is 2.00 bits per heavy atom. The molecule has 0 spiro atoms. The summed E-state index contributed by atoms with van der Waals surface area (Å²) in [6.45, 7) is 0. The molecule has 0 radical (unpaired) electrons. The molecule has 0 saturated heterocycles. The number of hydrogen-bond donors (Lipinski definition) is 1. The van der Waals surface area contributed by atoms with Crippen molar-refractivity contribution >= 4 is 0 Å². The molecule has 4 saturated carbocycles. The summed E-state index contributed by atoms with van der Waals surface area (Å²) in [7, 11) is 2.16. The van der Waals surface area contributed by atoms with Gasteiger partial charge in [0.25, 0.3) is 0 Å². The molecule has 0 amide bonds. The smallest absolute Gasteiger partial charge is 0.0305 e. The Morgan fingerprint density at radius 1 is 1.22 bits per heavy atom. The minimum atomic E-state index is 0.470. The fourth-order valence-corrected chi connectivity index (χ4v) is 5.53. The second-order valence-electron chi connectivity index (χ2n) is 6.81. The Bertz CT molecular complexity index is 426. The standard InChI is InChI=1S/C16H22N2/c1-17-15-12-5-11-6-13(15)9-16(7-11,8-12)14-3-2-4-18-10-14/h2-4,10-13,15,17H,5-9H2,1H3. The number of pyridine rings is 1. The third-order valence-corrected chi connectivity index (χ3v) is 5.88. The Hall–Kier alpha value is -0.890.